The van der Waals surface area contributed by atoms with Gasteiger partial charge in [-0.25, -0.2) is 8.42 Å². The van der Waals surface area contributed by atoms with E-state index in [0.29, 0.717) is 24.3 Å². The highest BCUT2D eigenvalue weighted by Crippen LogP contribution is 2.19. The zero-order chi connectivity index (χ0) is 18.7. The van der Waals surface area contributed by atoms with E-state index in [1.54, 1.807) is 24.3 Å². The van der Waals surface area contributed by atoms with E-state index in [1.807, 2.05) is 11.0 Å². The lowest BCUT2D eigenvalue weighted by atomic mass is 10.1. The Bertz CT molecular complexity index is 887. The third kappa shape index (κ3) is 4.54. The van der Waals surface area contributed by atoms with Crippen LogP contribution in [-0.2, 0) is 10.0 Å². The van der Waals surface area contributed by atoms with Crippen molar-refractivity contribution in [1.29, 1.82) is 0 Å². The summed E-state index contributed by atoms with van der Waals surface area (Å²) in [6.07, 6.45) is 1.10. The molecule has 0 spiro atoms. The number of amides is 1. The molecule has 1 N–H and O–H groups in total. The lowest BCUT2D eigenvalue weighted by Crippen LogP contribution is -2.48. The highest BCUT2D eigenvalue weighted by Gasteiger charge is 2.22. The van der Waals surface area contributed by atoms with Gasteiger partial charge >= 0.3 is 0 Å². The topological polar surface area (TPSA) is 69.7 Å². The van der Waals surface area contributed by atoms with Crippen LogP contribution in [0.4, 0.5) is 11.4 Å². The van der Waals surface area contributed by atoms with Crippen LogP contribution in [0.5, 0.6) is 0 Å². The molecule has 1 heterocycles. The highest BCUT2D eigenvalue weighted by atomic mass is 32.2. The Morgan fingerprint density at radius 3 is 2.23 bits per heavy atom. The van der Waals surface area contributed by atoms with E-state index in [4.69, 9.17) is 0 Å². The molecular weight excluding hydrogens is 350 g/mol. The largest absolute Gasteiger partial charge is 0.368 e. The van der Waals surface area contributed by atoms with E-state index in [0.717, 1.165) is 19.3 Å². The number of benzene rings is 2. The van der Waals surface area contributed by atoms with Crippen LogP contribution in [0, 0.1) is 6.92 Å². The van der Waals surface area contributed by atoms with Crippen molar-refractivity contribution < 1.29 is 13.2 Å². The Morgan fingerprint density at radius 2 is 1.65 bits per heavy atom. The first-order valence-electron chi connectivity index (χ1n) is 8.50. The van der Waals surface area contributed by atoms with Crippen LogP contribution < -0.4 is 9.62 Å². The SMILES string of the molecule is Cc1cccc(N2CCN(C(=O)c3ccc(NS(C)(=O)=O)cc3)CC2)c1. The van der Waals surface area contributed by atoms with Crippen LogP contribution in [0.15, 0.2) is 48.5 Å². The third-order valence-corrected chi connectivity index (χ3v) is 4.98. The van der Waals surface area contributed by atoms with Gasteiger partial charge in [0.1, 0.15) is 0 Å². The quantitative estimate of drug-likeness (QED) is 0.893. The molecule has 3 rings (SSSR count). The number of hydrogen-bond donors (Lipinski definition) is 1. The number of nitrogens with one attached hydrogen (secondary N) is 1. The molecule has 0 bridgehead atoms. The fourth-order valence-corrected chi connectivity index (χ4v) is 3.63. The highest BCUT2D eigenvalue weighted by molar-refractivity contribution is 7.92. The normalized spacial score (nSPS) is 15.0. The number of aryl methyl sites for hydroxylation is 1. The second kappa shape index (κ2) is 7.37. The monoisotopic (exact) mass is 373 g/mol. The van der Waals surface area contributed by atoms with E-state index in [2.05, 4.69) is 34.7 Å². The van der Waals surface area contributed by atoms with Gasteiger partial charge in [-0.05, 0) is 48.9 Å². The Labute approximate surface area is 154 Å². The zero-order valence-electron chi connectivity index (χ0n) is 15.0. The second-order valence-corrected chi connectivity index (χ2v) is 8.32. The van der Waals surface area contributed by atoms with Crippen molar-refractivity contribution in [3.8, 4) is 0 Å². The Balaban J connectivity index is 1.61. The van der Waals surface area contributed by atoms with Crippen molar-refractivity contribution in [2.75, 3.05) is 42.1 Å². The fraction of sp³-hybridized carbons (Fsp3) is 0.316. The number of sulfonamides is 1. The Hall–Kier alpha value is -2.54. The summed E-state index contributed by atoms with van der Waals surface area (Å²) in [5, 5.41) is 0. The van der Waals surface area contributed by atoms with Crippen molar-refractivity contribution in [1.82, 2.24) is 4.90 Å². The van der Waals surface area contributed by atoms with Gasteiger partial charge in [0.2, 0.25) is 10.0 Å². The summed E-state index contributed by atoms with van der Waals surface area (Å²) in [7, 11) is -3.32. The predicted molar refractivity (Wildman–Crippen MR) is 104 cm³/mol. The van der Waals surface area contributed by atoms with Crippen LogP contribution in [0.25, 0.3) is 0 Å². The molecule has 0 aliphatic carbocycles. The number of nitrogens with zero attached hydrogens (tertiary/aromatic N) is 2. The van der Waals surface area contributed by atoms with Crippen LogP contribution in [0.1, 0.15) is 15.9 Å². The molecule has 1 aliphatic heterocycles. The van der Waals surface area contributed by atoms with Gasteiger partial charge in [-0.15, -0.1) is 0 Å². The van der Waals surface area contributed by atoms with Crippen LogP contribution in [0.3, 0.4) is 0 Å². The van der Waals surface area contributed by atoms with Crippen molar-refractivity contribution in [3.05, 3.63) is 59.7 Å². The summed E-state index contributed by atoms with van der Waals surface area (Å²) in [5.74, 6) is -0.0280. The van der Waals surface area contributed by atoms with Crippen molar-refractivity contribution >= 4 is 27.3 Å². The minimum absolute atomic E-state index is 0.0280. The maximum Gasteiger partial charge on any atom is 0.253 e. The van der Waals surface area contributed by atoms with E-state index >= 15 is 0 Å². The average Bonchev–Trinajstić information content (AvgIpc) is 2.61. The van der Waals surface area contributed by atoms with Gasteiger partial charge in [-0.1, -0.05) is 12.1 Å². The van der Waals surface area contributed by atoms with Crippen molar-refractivity contribution in [2.45, 2.75) is 6.92 Å². The molecule has 2 aromatic carbocycles. The minimum atomic E-state index is -3.32. The van der Waals surface area contributed by atoms with E-state index < -0.39 is 10.0 Å². The van der Waals surface area contributed by atoms with Gasteiger partial charge in [-0.2, -0.15) is 0 Å². The Morgan fingerprint density at radius 1 is 1.00 bits per heavy atom. The molecule has 138 valence electrons. The number of carbonyl (C=O) groups excluding carboxylic acids is 1. The summed E-state index contributed by atoms with van der Waals surface area (Å²) >= 11 is 0. The van der Waals surface area contributed by atoms with Gasteiger partial charge in [-0.3, -0.25) is 9.52 Å². The fourth-order valence-electron chi connectivity index (χ4n) is 3.07. The zero-order valence-corrected chi connectivity index (χ0v) is 15.8. The van der Waals surface area contributed by atoms with Crippen molar-refractivity contribution in [2.24, 2.45) is 0 Å². The molecule has 0 atom stereocenters. The molecule has 0 saturated carbocycles. The first-order chi connectivity index (χ1) is 12.3. The van der Waals surface area contributed by atoms with Gasteiger partial charge in [0.25, 0.3) is 5.91 Å². The smallest absolute Gasteiger partial charge is 0.253 e. The first-order valence-corrected chi connectivity index (χ1v) is 10.4. The maximum absolute atomic E-state index is 12.7. The number of anilines is 2. The molecule has 1 saturated heterocycles. The standard InChI is InChI=1S/C19H23N3O3S/c1-15-4-3-5-18(14-15)21-10-12-22(13-11-21)19(23)16-6-8-17(9-7-16)20-26(2,24)25/h3-9,14,20H,10-13H2,1-2H3. The molecule has 0 unspecified atom stereocenters. The predicted octanol–water partition coefficient (Wildman–Crippen LogP) is 2.33. The first kappa shape index (κ1) is 18.3. The van der Waals surface area contributed by atoms with E-state index in [9.17, 15) is 13.2 Å². The van der Waals surface area contributed by atoms with Crippen LogP contribution >= 0.6 is 0 Å². The summed E-state index contributed by atoms with van der Waals surface area (Å²) in [5.41, 5.74) is 3.43. The number of carbonyl (C=O) groups is 1. The number of hydrogen-bond acceptors (Lipinski definition) is 4. The molecule has 1 fully saturated rings. The average molecular weight is 373 g/mol. The molecule has 26 heavy (non-hydrogen) atoms. The molecular formula is C19H23N3O3S. The van der Waals surface area contributed by atoms with Gasteiger partial charge in [0.05, 0.1) is 6.26 Å². The molecule has 1 amide bonds. The molecule has 6 nitrogen and oxygen atoms in total. The number of piperazine rings is 1. The molecule has 0 aromatic heterocycles. The molecule has 7 heteroatoms. The summed E-state index contributed by atoms with van der Waals surface area (Å²) < 4.78 is 24.9. The van der Waals surface area contributed by atoms with Crippen LogP contribution in [0.2, 0.25) is 0 Å². The molecule has 1 aliphatic rings. The molecule has 0 radical (unpaired) electrons. The molecule has 2 aromatic rings. The summed E-state index contributed by atoms with van der Waals surface area (Å²) in [6.45, 7) is 4.99. The van der Waals surface area contributed by atoms with Crippen LogP contribution in [-0.4, -0.2) is 51.7 Å². The summed E-state index contributed by atoms with van der Waals surface area (Å²) in [4.78, 5) is 16.8. The maximum atomic E-state index is 12.7. The van der Waals surface area contributed by atoms with E-state index in [-0.39, 0.29) is 5.91 Å². The lowest BCUT2D eigenvalue weighted by Gasteiger charge is -2.36. The summed E-state index contributed by atoms with van der Waals surface area (Å²) in [6, 6.07) is 14.9. The lowest BCUT2D eigenvalue weighted by molar-refractivity contribution is 0.0747. The minimum Gasteiger partial charge on any atom is -0.368 e. The van der Waals surface area contributed by atoms with Gasteiger partial charge < -0.3 is 9.80 Å². The number of rotatable bonds is 4. The van der Waals surface area contributed by atoms with Crippen molar-refractivity contribution in [3.63, 3.8) is 0 Å². The van der Waals surface area contributed by atoms with Gasteiger partial charge in [0, 0.05) is 43.1 Å². The Kier molecular flexibility index (Phi) is 5.18. The second-order valence-electron chi connectivity index (χ2n) is 6.57. The van der Waals surface area contributed by atoms with E-state index in [1.165, 1.54) is 11.3 Å². The third-order valence-electron chi connectivity index (χ3n) is 4.37. The van der Waals surface area contributed by atoms with Gasteiger partial charge in [0.15, 0.2) is 0 Å².